The average molecular weight is 529 g/mol. The van der Waals surface area contributed by atoms with Gasteiger partial charge < -0.3 is 9.84 Å². The predicted molar refractivity (Wildman–Crippen MR) is 114 cm³/mol. The number of carboxylic acid groups (broad SMARTS) is 1. The van der Waals surface area contributed by atoms with Gasteiger partial charge in [0.1, 0.15) is 11.3 Å². The lowest BCUT2D eigenvalue weighted by atomic mass is 10.1. The lowest BCUT2D eigenvalue weighted by Gasteiger charge is -2.14. The van der Waals surface area contributed by atoms with Crippen molar-refractivity contribution < 1.29 is 23.4 Å². The molecule has 0 aliphatic carbocycles. The molecule has 2 aromatic carbocycles. The van der Waals surface area contributed by atoms with Crippen LogP contribution < -0.4 is 4.74 Å². The van der Waals surface area contributed by atoms with Gasteiger partial charge in [-0.3, -0.25) is 0 Å². The molecule has 0 aliphatic rings. The second-order valence-corrected chi connectivity index (χ2v) is 8.29. The number of rotatable bonds is 6. The molecule has 0 spiro atoms. The Kier molecular flexibility index (Phi) is 6.53. The number of hydrogen-bond donors (Lipinski definition) is 1. The highest BCUT2D eigenvalue weighted by atomic mass is 79.9. The summed E-state index contributed by atoms with van der Waals surface area (Å²) in [6.07, 6.45) is -1.57. The van der Waals surface area contributed by atoms with Gasteiger partial charge in [0.15, 0.2) is 11.6 Å². The molecule has 0 bridgehead atoms. The third-order valence-corrected chi connectivity index (χ3v) is 5.60. The Morgan fingerprint density at radius 2 is 1.86 bits per heavy atom. The highest BCUT2D eigenvalue weighted by molar-refractivity contribution is 9.11. The SMILES string of the molecule is CCc1cc(C)c2cc(Oc3c(Br)cc(CC(F)C(=O)O)cc3Br)cc(F)c2n1. The van der Waals surface area contributed by atoms with Gasteiger partial charge in [0.25, 0.3) is 0 Å². The topological polar surface area (TPSA) is 59.4 Å². The molecule has 8 heteroatoms. The van der Waals surface area contributed by atoms with E-state index in [0.29, 0.717) is 37.6 Å². The molecule has 1 atom stereocenters. The first-order valence-corrected chi connectivity index (χ1v) is 10.4. The number of hydrogen-bond acceptors (Lipinski definition) is 3. The van der Waals surface area contributed by atoms with Crippen molar-refractivity contribution in [3.63, 3.8) is 0 Å². The zero-order valence-corrected chi connectivity index (χ0v) is 18.8. The van der Waals surface area contributed by atoms with Crippen LogP contribution in [0.4, 0.5) is 8.78 Å². The monoisotopic (exact) mass is 527 g/mol. The van der Waals surface area contributed by atoms with Gasteiger partial charge >= 0.3 is 5.97 Å². The first-order valence-electron chi connectivity index (χ1n) is 8.82. The average Bonchev–Trinajstić information content (AvgIpc) is 2.65. The number of halogens is 4. The van der Waals surface area contributed by atoms with Crippen LogP contribution in [-0.4, -0.2) is 22.2 Å². The van der Waals surface area contributed by atoms with Crippen LogP contribution in [-0.2, 0) is 17.6 Å². The van der Waals surface area contributed by atoms with Crippen molar-refractivity contribution in [2.75, 3.05) is 0 Å². The van der Waals surface area contributed by atoms with E-state index in [1.165, 1.54) is 6.07 Å². The van der Waals surface area contributed by atoms with E-state index in [4.69, 9.17) is 9.84 Å². The number of alkyl halides is 1. The zero-order chi connectivity index (χ0) is 21.3. The maximum absolute atomic E-state index is 14.7. The molecule has 0 radical (unpaired) electrons. The van der Waals surface area contributed by atoms with Crippen LogP contribution in [0.1, 0.15) is 23.7 Å². The molecule has 4 nitrogen and oxygen atoms in total. The first-order chi connectivity index (χ1) is 13.7. The first kappa shape index (κ1) is 21.6. The Labute approximate surface area is 183 Å². The number of carboxylic acids is 1. The summed E-state index contributed by atoms with van der Waals surface area (Å²) in [7, 11) is 0. The number of aryl methyl sites for hydroxylation is 2. The van der Waals surface area contributed by atoms with E-state index in [-0.39, 0.29) is 12.2 Å². The maximum atomic E-state index is 14.7. The summed E-state index contributed by atoms with van der Waals surface area (Å²) in [5, 5.41) is 9.39. The number of benzene rings is 2. The molecule has 152 valence electrons. The Morgan fingerprint density at radius 1 is 1.21 bits per heavy atom. The van der Waals surface area contributed by atoms with Gasteiger partial charge in [-0.25, -0.2) is 18.6 Å². The fraction of sp³-hybridized carbons (Fsp3) is 0.238. The molecule has 29 heavy (non-hydrogen) atoms. The highest BCUT2D eigenvalue weighted by Gasteiger charge is 2.19. The number of aromatic nitrogens is 1. The Morgan fingerprint density at radius 3 is 2.45 bits per heavy atom. The molecule has 0 amide bonds. The standard InChI is InChI=1S/C21H17Br2F2NO3/c1-3-12-4-10(2)14-8-13(9-17(24)19(14)26-12)29-20-15(22)5-11(6-16(20)23)7-18(25)21(27)28/h4-6,8-9,18H,3,7H2,1-2H3,(H,27,28). The van der Waals surface area contributed by atoms with Crippen LogP contribution in [0.25, 0.3) is 10.9 Å². The Hall–Kier alpha value is -2.06. The summed E-state index contributed by atoms with van der Waals surface area (Å²) < 4.78 is 35.0. The van der Waals surface area contributed by atoms with Crippen molar-refractivity contribution in [2.45, 2.75) is 32.9 Å². The lowest BCUT2D eigenvalue weighted by molar-refractivity contribution is -0.142. The molecule has 0 saturated heterocycles. The molecule has 0 saturated carbocycles. The molecule has 1 aromatic heterocycles. The molecular formula is C21H17Br2F2NO3. The minimum Gasteiger partial charge on any atom is -0.479 e. The summed E-state index contributed by atoms with van der Waals surface area (Å²) in [6.45, 7) is 3.85. The molecular weight excluding hydrogens is 512 g/mol. The van der Waals surface area contributed by atoms with E-state index in [1.54, 1.807) is 18.2 Å². The third kappa shape index (κ3) is 4.75. The maximum Gasteiger partial charge on any atom is 0.338 e. The zero-order valence-electron chi connectivity index (χ0n) is 15.6. The third-order valence-electron chi connectivity index (χ3n) is 4.42. The van der Waals surface area contributed by atoms with Crippen molar-refractivity contribution in [1.29, 1.82) is 0 Å². The van der Waals surface area contributed by atoms with Gasteiger partial charge in [-0.2, -0.15) is 0 Å². The summed E-state index contributed by atoms with van der Waals surface area (Å²) >= 11 is 6.71. The second kappa shape index (κ2) is 8.75. The largest absolute Gasteiger partial charge is 0.479 e. The molecule has 1 unspecified atom stereocenters. The number of fused-ring (bicyclic) bond motifs is 1. The van der Waals surface area contributed by atoms with Crippen LogP contribution in [0.2, 0.25) is 0 Å². The Balaban J connectivity index is 1.96. The Bertz CT molecular complexity index is 1080. The fourth-order valence-electron chi connectivity index (χ4n) is 2.97. The number of pyridine rings is 1. The van der Waals surface area contributed by atoms with Crippen LogP contribution in [0.3, 0.4) is 0 Å². The van der Waals surface area contributed by atoms with E-state index in [1.807, 2.05) is 19.9 Å². The fourth-order valence-corrected chi connectivity index (χ4v) is 4.41. The molecule has 0 aliphatic heterocycles. The van der Waals surface area contributed by atoms with E-state index >= 15 is 0 Å². The molecule has 1 N–H and O–H groups in total. The summed E-state index contributed by atoms with van der Waals surface area (Å²) in [5.41, 5.74) is 2.48. The van der Waals surface area contributed by atoms with Gasteiger partial charge in [-0.1, -0.05) is 6.92 Å². The van der Waals surface area contributed by atoms with Gasteiger partial charge in [-0.05, 0) is 80.6 Å². The van der Waals surface area contributed by atoms with E-state index in [2.05, 4.69) is 36.8 Å². The van der Waals surface area contributed by atoms with Crippen molar-refractivity contribution in [3.8, 4) is 11.5 Å². The summed E-state index contributed by atoms with van der Waals surface area (Å²) in [5.74, 6) is -1.35. The van der Waals surface area contributed by atoms with Crippen molar-refractivity contribution in [1.82, 2.24) is 4.98 Å². The summed E-state index contributed by atoms with van der Waals surface area (Å²) in [6, 6.07) is 8.06. The molecule has 1 heterocycles. The van der Waals surface area contributed by atoms with E-state index in [9.17, 15) is 13.6 Å². The second-order valence-electron chi connectivity index (χ2n) is 6.59. The number of ether oxygens (including phenoxy) is 1. The minimum atomic E-state index is -2.00. The minimum absolute atomic E-state index is 0.276. The number of nitrogens with zero attached hydrogens (tertiary/aromatic N) is 1. The van der Waals surface area contributed by atoms with Gasteiger partial charge in [0.05, 0.1) is 8.95 Å². The van der Waals surface area contributed by atoms with E-state index in [0.717, 1.165) is 11.3 Å². The predicted octanol–water partition coefficient (Wildman–Crippen LogP) is 6.53. The molecule has 3 rings (SSSR count). The van der Waals surface area contributed by atoms with Crippen LogP contribution in [0.15, 0.2) is 39.3 Å². The van der Waals surface area contributed by atoms with Gasteiger partial charge in [0, 0.05) is 23.6 Å². The van der Waals surface area contributed by atoms with Gasteiger partial charge in [-0.15, -0.1) is 0 Å². The normalized spacial score (nSPS) is 12.2. The van der Waals surface area contributed by atoms with Crippen molar-refractivity contribution in [3.05, 3.63) is 61.9 Å². The van der Waals surface area contributed by atoms with Crippen LogP contribution in [0.5, 0.6) is 11.5 Å². The van der Waals surface area contributed by atoms with Crippen LogP contribution >= 0.6 is 31.9 Å². The van der Waals surface area contributed by atoms with Crippen molar-refractivity contribution in [2.24, 2.45) is 0 Å². The smallest absolute Gasteiger partial charge is 0.338 e. The highest BCUT2D eigenvalue weighted by Crippen LogP contribution is 2.39. The van der Waals surface area contributed by atoms with Crippen molar-refractivity contribution >= 4 is 48.7 Å². The summed E-state index contributed by atoms with van der Waals surface area (Å²) in [4.78, 5) is 15.1. The molecule has 0 fully saturated rings. The number of carbonyl (C=O) groups is 1. The van der Waals surface area contributed by atoms with E-state index < -0.39 is 18.0 Å². The molecule has 3 aromatic rings. The van der Waals surface area contributed by atoms with Crippen LogP contribution in [0, 0.1) is 12.7 Å². The lowest BCUT2D eigenvalue weighted by Crippen LogP contribution is -2.17. The van der Waals surface area contributed by atoms with Gasteiger partial charge in [0.2, 0.25) is 6.17 Å². The number of aliphatic carboxylic acids is 1. The quantitative estimate of drug-likeness (QED) is 0.395.